The lowest BCUT2D eigenvalue weighted by Gasteiger charge is -2.10. The van der Waals surface area contributed by atoms with Crippen LogP contribution in [-0.4, -0.2) is 19.9 Å². The van der Waals surface area contributed by atoms with Crippen LogP contribution in [0, 0.1) is 0 Å². The van der Waals surface area contributed by atoms with Crippen LogP contribution in [0.15, 0.2) is 138 Å². The Balaban J connectivity index is 1.23. The first-order valence-electron chi connectivity index (χ1n) is 15.3. The van der Waals surface area contributed by atoms with E-state index in [0.29, 0.717) is 23.4 Å². The van der Waals surface area contributed by atoms with Gasteiger partial charge in [0, 0.05) is 62.6 Å². The zero-order chi connectivity index (χ0) is 30.9. The highest BCUT2D eigenvalue weighted by molar-refractivity contribution is 7.26. The van der Waals surface area contributed by atoms with Gasteiger partial charge in [0.25, 0.3) is 0 Å². The molecule has 0 spiro atoms. The summed E-state index contributed by atoms with van der Waals surface area (Å²) in [6, 6.07) is 45.8. The second kappa shape index (κ2) is 10.4. The van der Waals surface area contributed by atoms with E-state index >= 15 is 0 Å². The molecule has 0 aliphatic heterocycles. The van der Waals surface area contributed by atoms with Gasteiger partial charge in [0.1, 0.15) is 5.52 Å². The average molecular weight is 639 g/mol. The zero-order valence-electron chi connectivity index (χ0n) is 24.7. The van der Waals surface area contributed by atoms with Crippen LogP contribution in [0.1, 0.15) is 0 Å². The van der Waals surface area contributed by atoms with Gasteiger partial charge in [-0.05, 0) is 42.5 Å². The summed E-state index contributed by atoms with van der Waals surface area (Å²) in [6.45, 7) is 0. The highest BCUT2D eigenvalue weighted by Gasteiger charge is 2.21. The van der Waals surface area contributed by atoms with Crippen molar-refractivity contribution in [1.82, 2.24) is 19.9 Å². The Morgan fingerprint density at radius 3 is 1.91 bits per heavy atom. The van der Waals surface area contributed by atoms with Gasteiger partial charge in [0.2, 0.25) is 5.89 Å². The minimum atomic E-state index is 0.601. The van der Waals surface area contributed by atoms with Crippen LogP contribution in [0.4, 0.5) is 0 Å². The maximum atomic E-state index is 6.29. The normalized spacial score (nSPS) is 11.8. The average Bonchev–Trinajstić information content (AvgIpc) is 3.84. The van der Waals surface area contributed by atoms with Crippen molar-refractivity contribution in [2.75, 3.05) is 0 Å². The molecule has 0 radical (unpaired) electrons. The van der Waals surface area contributed by atoms with E-state index in [9.17, 15) is 0 Å². The highest BCUT2D eigenvalue weighted by Crippen LogP contribution is 2.44. The molecule has 0 aliphatic rings. The van der Waals surface area contributed by atoms with Crippen LogP contribution in [0.25, 0.3) is 97.1 Å². The summed E-state index contributed by atoms with van der Waals surface area (Å²) in [4.78, 5) is 20.2. The molecule has 10 aromatic rings. The third-order valence-corrected chi connectivity index (χ3v) is 10.8. The molecule has 0 saturated heterocycles. The Morgan fingerprint density at radius 1 is 0.426 bits per heavy atom. The third-order valence-electron chi connectivity index (χ3n) is 8.59. The van der Waals surface area contributed by atoms with E-state index in [-0.39, 0.29) is 0 Å². The van der Waals surface area contributed by atoms with E-state index < -0.39 is 0 Å². The van der Waals surface area contributed by atoms with Gasteiger partial charge < -0.3 is 4.42 Å². The van der Waals surface area contributed by atoms with Crippen molar-refractivity contribution in [3.8, 4) is 45.6 Å². The van der Waals surface area contributed by atoms with Crippen LogP contribution < -0.4 is 0 Å². The van der Waals surface area contributed by atoms with Gasteiger partial charge >= 0.3 is 0 Å². The fraction of sp³-hybridized carbons (Fsp3) is 0. The SMILES string of the molecule is c1ccc(-c2nc(-c3ccc4c(c3)sc3ccccc34)nc(-c3cccc4sc5cccc(-c6nc7ccccc7o6)c5c34)n2)cc1. The molecule has 4 aromatic heterocycles. The predicted molar refractivity (Wildman–Crippen MR) is 195 cm³/mol. The number of rotatable bonds is 4. The summed E-state index contributed by atoms with van der Waals surface area (Å²) < 4.78 is 11.1. The van der Waals surface area contributed by atoms with E-state index in [2.05, 4.69) is 78.9 Å². The molecule has 0 fully saturated rings. The standard InChI is InChI=1S/C40H22N4OS2/c1-2-10-23(11-3-1)37-42-38(24-20-21-26-25-12-4-7-17-31(25)46-34(26)22-24)44-39(43-37)27-13-8-18-32-35(27)36-28(14-9-19-33(36)47-32)40-41-29-15-5-6-16-30(29)45-40/h1-22H. The highest BCUT2D eigenvalue weighted by atomic mass is 32.1. The van der Waals surface area contributed by atoms with Crippen molar-refractivity contribution in [1.29, 1.82) is 0 Å². The van der Waals surface area contributed by atoms with E-state index in [1.165, 1.54) is 20.2 Å². The van der Waals surface area contributed by atoms with Crippen molar-refractivity contribution in [2.45, 2.75) is 0 Å². The molecule has 0 saturated carbocycles. The molecule has 5 nitrogen and oxygen atoms in total. The zero-order valence-corrected chi connectivity index (χ0v) is 26.3. The largest absolute Gasteiger partial charge is 0.436 e. The maximum absolute atomic E-state index is 6.29. The molecule has 0 amide bonds. The van der Waals surface area contributed by atoms with Crippen molar-refractivity contribution >= 4 is 74.1 Å². The van der Waals surface area contributed by atoms with Gasteiger partial charge in [-0.25, -0.2) is 19.9 Å². The molecule has 10 rings (SSSR count). The number of benzene rings is 6. The van der Waals surface area contributed by atoms with Crippen molar-refractivity contribution in [3.63, 3.8) is 0 Å². The molecule has 6 aromatic carbocycles. The van der Waals surface area contributed by atoms with Gasteiger partial charge in [-0.15, -0.1) is 22.7 Å². The van der Waals surface area contributed by atoms with Crippen LogP contribution in [0.2, 0.25) is 0 Å². The molecule has 0 atom stereocenters. The van der Waals surface area contributed by atoms with Crippen LogP contribution in [0.5, 0.6) is 0 Å². The van der Waals surface area contributed by atoms with E-state index in [0.717, 1.165) is 53.5 Å². The Hall–Kier alpha value is -5.76. The second-order valence-electron chi connectivity index (χ2n) is 11.4. The smallest absolute Gasteiger partial charge is 0.227 e. The number of thiophene rings is 2. The molecule has 220 valence electrons. The van der Waals surface area contributed by atoms with Crippen molar-refractivity contribution in [3.05, 3.63) is 133 Å². The Bertz CT molecular complexity index is 2780. The topological polar surface area (TPSA) is 64.7 Å². The molecule has 47 heavy (non-hydrogen) atoms. The lowest BCUT2D eigenvalue weighted by atomic mass is 10.0. The second-order valence-corrected chi connectivity index (χ2v) is 13.6. The number of oxazole rings is 1. The number of fused-ring (bicyclic) bond motifs is 7. The molecule has 0 unspecified atom stereocenters. The Morgan fingerprint density at radius 2 is 1.06 bits per heavy atom. The van der Waals surface area contributed by atoms with E-state index in [4.69, 9.17) is 24.4 Å². The molecule has 7 heteroatoms. The minimum absolute atomic E-state index is 0.601. The van der Waals surface area contributed by atoms with Crippen LogP contribution in [0.3, 0.4) is 0 Å². The van der Waals surface area contributed by atoms with E-state index in [1.54, 1.807) is 22.7 Å². The minimum Gasteiger partial charge on any atom is -0.436 e. The molecule has 4 heterocycles. The van der Waals surface area contributed by atoms with Crippen molar-refractivity contribution < 1.29 is 4.42 Å². The van der Waals surface area contributed by atoms with Crippen LogP contribution in [-0.2, 0) is 0 Å². The monoisotopic (exact) mass is 638 g/mol. The number of hydrogen-bond donors (Lipinski definition) is 0. The summed E-state index contributed by atoms with van der Waals surface area (Å²) >= 11 is 3.54. The quantitative estimate of drug-likeness (QED) is 0.192. The fourth-order valence-corrected chi connectivity index (χ4v) is 8.73. The summed E-state index contributed by atoms with van der Waals surface area (Å²) in [7, 11) is 0. The number of hydrogen-bond acceptors (Lipinski definition) is 7. The third kappa shape index (κ3) is 4.28. The van der Waals surface area contributed by atoms with Crippen LogP contribution >= 0.6 is 22.7 Å². The summed E-state index contributed by atoms with van der Waals surface area (Å²) in [5.74, 6) is 2.51. The molecule has 0 N–H and O–H groups in total. The Kier molecular flexibility index (Phi) is 5.85. The predicted octanol–water partition coefficient (Wildman–Crippen LogP) is 11.4. The molecular formula is C40H22N4OS2. The lowest BCUT2D eigenvalue weighted by molar-refractivity contribution is 0.620. The number of para-hydroxylation sites is 2. The number of aromatic nitrogens is 4. The fourth-order valence-electron chi connectivity index (χ4n) is 6.43. The summed E-state index contributed by atoms with van der Waals surface area (Å²) in [5, 5.41) is 4.69. The maximum Gasteiger partial charge on any atom is 0.227 e. The van der Waals surface area contributed by atoms with Gasteiger partial charge in [-0.2, -0.15) is 0 Å². The first kappa shape index (κ1) is 26.5. The molecule has 0 bridgehead atoms. The first-order valence-corrected chi connectivity index (χ1v) is 16.9. The lowest BCUT2D eigenvalue weighted by Crippen LogP contribution is -2.00. The first-order chi connectivity index (χ1) is 23.3. The van der Waals surface area contributed by atoms with Crippen molar-refractivity contribution in [2.24, 2.45) is 0 Å². The van der Waals surface area contributed by atoms with Gasteiger partial charge in [0.15, 0.2) is 23.1 Å². The summed E-state index contributed by atoms with van der Waals surface area (Å²) in [6.07, 6.45) is 0. The molecule has 0 aliphatic carbocycles. The van der Waals surface area contributed by atoms with Gasteiger partial charge in [-0.1, -0.05) is 91.0 Å². The summed E-state index contributed by atoms with van der Waals surface area (Å²) in [5.41, 5.74) is 5.40. The van der Waals surface area contributed by atoms with Gasteiger partial charge in [-0.3, -0.25) is 0 Å². The number of nitrogens with zero attached hydrogens (tertiary/aromatic N) is 4. The van der Waals surface area contributed by atoms with E-state index in [1.807, 2.05) is 54.6 Å². The van der Waals surface area contributed by atoms with Gasteiger partial charge in [0.05, 0.1) is 0 Å². The molecular weight excluding hydrogens is 617 g/mol. The Labute approximate surface area is 276 Å².